The van der Waals surface area contributed by atoms with Gasteiger partial charge in [0.05, 0.1) is 5.56 Å². The molecule has 0 bridgehead atoms. The second kappa shape index (κ2) is 5.83. The molecule has 2 rings (SSSR count). The smallest absolute Gasteiger partial charge is 0.256 e. The number of hydrogen-bond acceptors (Lipinski definition) is 2. The third kappa shape index (κ3) is 2.95. The number of carbonyl (C=O) groups excluding carboxylic acids is 1. The molecule has 0 N–H and O–H groups in total. The summed E-state index contributed by atoms with van der Waals surface area (Å²) < 4.78 is 39.6. The number of amides is 1. The number of rotatable bonds is 3. The first kappa shape index (κ1) is 14.8. The summed E-state index contributed by atoms with van der Waals surface area (Å²) in [7, 11) is 3.50. The van der Waals surface area contributed by atoms with E-state index in [1.165, 1.54) is 11.9 Å². The lowest BCUT2D eigenvalue weighted by Gasteiger charge is -2.26. The van der Waals surface area contributed by atoms with Gasteiger partial charge in [0.15, 0.2) is 11.6 Å². The fourth-order valence-electron chi connectivity index (χ4n) is 2.50. The second-order valence-electron chi connectivity index (χ2n) is 5.21. The monoisotopic (exact) mass is 286 g/mol. The highest BCUT2D eigenvalue weighted by molar-refractivity contribution is 5.94. The van der Waals surface area contributed by atoms with Gasteiger partial charge in [0, 0.05) is 25.7 Å². The minimum absolute atomic E-state index is 0.220. The molecule has 1 aromatic carbocycles. The van der Waals surface area contributed by atoms with Crippen molar-refractivity contribution in [2.75, 3.05) is 27.2 Å². The summed E-state index contributed by atoms with van der Waals surface area (Å²) in [6, 6.07) is 1.23. The van der Waals surface area contributed by atoms with Crippen molar-refractivity contribution in [3.05, 3.63) is 35.1 Å². The summed E-state index contributed by atoms with van der Waals surface area (Å²) in [6.45, 7) is 1.40. The first-order chi connectivity index (χ1) is 9.40. The zero-order chi connectivity index (χ0) is 14.9. The maximum absolute atomic E-state index is 13.6. The zero-order valence-electron chi connectivity index (χ0n) is 11.5. The molecule has 0 radical (unpaired) electrons. The molecular weight excluding hydrogens is 269 g/mol. The van der Waals surface area contributed by atoms with Crippen molar-refractivity contribution >= 4 is 5.91 Å². The number of carbonyl (C=O) groups is 1. The molecule has 20 heavy (non-hydrogen) atoms. The summed E-state index contributed by atoms with van der Waals surface area (Å²) in [4.78, 5) is 15.6. The summed E-state index contributed by atoms with van der Waals surface area (Å²) in [5.41, 5.74) is -0.438. The van der Waals surface area contributed by atoms with Crippen molar-refractivity contribution in [3.8, 4) is 0 Å². The highest BCUT2D eigenvalue weighted by atomic mass is 19.2. The van der Waals surface area contributed by atoms with Crippen LogP contribution >= 0.6 is 0 Å². The third-order valence-electron chi connectivity index (χ3n) is 3.74. The fourth-order valence-corrected chi connectivity index (χ4v) is 2.50. The van der Waals surface area contributed by atoms with Crippen molar-refractivity contribution in [1.82, 2.24) is 9.80 Å². The molecule has 0 aliphatic carbocycles. The topological polar surface area (TPSA) is 23.6 Å². The van der Waals surface area contributed by atoms with Gasteiger partial charge in [-0.15, -0.1) is 0 Å². The van der Waals surface area contributed by atoms with Gasteiger partial charge in [0.2, 0.25) is 0 Å². The van der Waals surface area contributed by atoms with Crippen LogP contribution < -0.4 is 0 Å². The van der Waals surface area contributed by atoms with Crippen LogP contribution in [0.25, 0.3) is 0 Å². The van der Waals surface area contributed by atoms with E-state index in [1.54, 1.807) is 0 Å². The average molecular weight is 286 g/mol. The van der Waals surface area contributed by atoms with Gasteiger partial charge in [-0.1, -0.05) is 0 Å². The van der Waals surface area contributed by atoms with Crippen LogP contribution in [0.1, 0.15) is 23.2 Å². The Hall–Kier alpha value is -1.56. The van der Waals surface area contributed by atoms with Gasteiger partial charge in [-0.2, -0.15) is 0 Å². The van der Waals surface area contributed by atoms with E-state index in [9.17, 15) is 18.0 Å². The highest BCUT2D eigenvalue weighted by Crippen LogP contribution is 2.18. The molecule has 0 spiro atoms. The van der Waals surface area contributed by atoms with Crippen LogP contribution in [0.2, 0.25) is 0 Å². The van der Waals surface area contributed by atoms with Crippen LogP contribution in [0.5, 0.6) is 0 Å². The van der Waals surface area contributed by atoms with Crippen molar-refractivity contribution < 1.29 is 18.0 Å². The van der Waals surface area contributed by atoms with Crippen LogP contribution in [-0.2, 0) is 0 Å². The molecule has 6 heteroatoms. The molecule has 1 heterocycles. The van der Waals surface area contributed by atoms with Crippen molar-refractivity contribution in [3.63, 3.8) is 0 Å². The average Bonchev–Trinajstić information content (AvgIpc) is 2.78. The molecular formula is C14H17F3N2O. The Morgan fingerprint density at radius 2 is 1.95 bits per heavy atom. The van der Waals surface area contributed by atoms with E-state index in [0.717, 1.165) is 19.4 Å². The lowest BCUT2D eigenvalue weighted by Crippen LogP contribution is -2.39. The van der Waals surface area contributed by atoms with Crippen LogP contribution in [-0.4, -0.2) is 48.9 Å². The predicted octanol–water partition coefficient (Wildman–Crippen LogP) is 2.27. The van der Waals surface area contributed by atoms with E-state index in [0.29, 0.717) is 18.7 Å². The third-order valence-corrected chi connectivity index (χ3v) is 3.74. The Morgan fingerprint density at radius 1 is 1.30 bits per heavy atom. The maximum Gasteiger partial charge on any atom is 0.256 e. The van der Waals surface area contributed by atoms with Crippen LogP contribution in [0.15, 0.2) is 12.1 Å². The Labute approximate surface area is 116 Å². The summed E-state index contributed by atoms with van der Waals surface area (Å²) >= 11 is 0. The minimum atomic E-state index is -1.29. The maximum atomic E-state index is 13.6. The first-order valence-corrected chi connectivity index (χ1v) is 6.50. The number of halogens is 3. The van der Waals surface area contributed by atoms with Crippen molar-refractivity contribution in [1.29, 1.82) is 0 Å². The van der Waals surface area contributed by atoms with Crippen LogP contribution in [0.3, 0.4) is 0 Å². The van der Waals surface area contributed by atoms with Gasteiger partial charge >= 0.3 is 0 Å². The largest absolute Gasteiger partial charge is 0.340 e. The molecule has 0 saturated carbocycles. The molecule has 1 unspecified atom stereocenters. The SMILES string of the molecule is CN(CC1CCCN1C)C(=O)c1cc(F)c(F)cc1F. The molecule has 0 aromatic heterocycles. The van der Waals surface area contributed by atoms with Gasteiger partial charge in [0.25, 0.3) is 5.91 Å². The molecule has 110 valence electrons. The highest BCUT2D eigenvalue weighted by Gasteiger charge is 2.26. The first-order valence-electron chi connectivity index (χ1n) is 6.50. The molecule has 1 atom stereocenters. The van der Waals surface area contributed by atoms with Crippen LogP contribution in [0.4, 0.5) is 13.2 Å². The normalized spacial score (nSPS) is 19.4. The standard InChI is InChI=1S/C14H17F3N2O/c1-18-5-3-4-9(18)8-19(2)14(20)10-6-12(16)13(17)7-11(10)15/h6-7,9H,3-5,8H2,1-2H3. The van der Waals surface area contributed by atoms with Gasteiger partial charge in [-0.25, -0.2) is 13.2 Å². The van der Waals surface area contributed by atoms with E-state index in [-0.39, 0.29) is 6.04 Å². The molecule has 3 nitrogen and oxygen atoms in total. The Kier molecular flexibility index (Phi) is 4.32. The van der Waals surface area contributed by atoms with E-state index in [4.69, 9.17) is 0 Å². The van der Waals surface area contributed by atoms with Crippen molar-refractivity contribution in [2.45, 2.75) is 18.9 Å². The number of likely N-dealkylation sites (N-methyl/N-ethyl adjacent to an activating group) is 2. The van der Waals surface area contributed by atoms with E-state index in [1.807, 2.05) is 7.05 Å². The van der Waals surface area contributed by atoms with Gasteiger partial charge in [-0.05, 0) is 32.5 Å². The Balaban J connectivity index is 2.12. The number of likely N-dealkylation sites (tertiary alicyclic amines) is 1. The summed E-state index contributed by atoms with van der Waals surface area (Å²) in [5.74, 6) is -4.19. The Bertz CT molecular complexity index is 521. The summed E-state index contributed by atoms with van der Waals surface area (Å²) in [5, 5.41) is 0. The minimum Gasteiger partial charge on any atom is -0.340 e. The molecule has 1 aliphatic heterocycles. The summed E-state index contributed by atoms with van der Waals surface area (Å²) in [6.07, 6.45) is 2.02. The van der Waals surface area contributed by atoms with E-state index < -0.39 is 28.9 Å². The lowest BCUT2D eigenvalue weighted by molar-refractivity contribution is 0.0756. The second-order valence-corrected chi connectivity index (χ2v) is 5.21. The lowest BCUT2D eigenvalue weighted by atomic mass is 10.1. The quantitative estimate of drug-likeness (QED) is 0.796. The van der Waals surface area contributed by atoms with Crippen molar-refractivity contribution in [2.24, 2.45) is 0 Å². The molecule has 1 aromatic rings. The molecule has 1 aliphatic rings. The number of benzene rings is 1. The number of nitrogens with zero attached hydrogens (tertiary/aromatic N) is 2. The number of hydrogen-bond donors (Lipinski definition) is 0. The van der Waals surface area contributed by atoms with Crippen LogP contribution in [0, 0.1) is 17.5 Å². The van der Waals surface area contributed by atoms with E-state index >= 15 is 0 Å². The zero-order valence-corrected chi connectivity index (χ0v) is 11.5. The van der Waals surface area contributed by atoms with Gasteiger partial charge in [0.1, 0.15) is 5.82 Å². The molecule has 1 saturated heterocycles. The van der Waals surface area contributed by atoms with Gasteiger partial charge < -0.3 is 9.80 Å². The fraction of sp³-hybridized carbons (Fsp3) is 0.500. The predicted molar refractivity (Wildman–Crippen MR) is 68.9 cm³/mol. The molecule has 1 amide bonds. The van der Waals surface area contributed by atoms with Gasteiger partial charge in [-0.3, -0.25) is 4.79 Å². The van der Waals surface area contributed by atoms with E-state index in [2.05, 4.69) is 4.90 Å². The molecule has 1 fully saturated rings. The Morgan fingerprint density at radius 3 is 2.55 bits per heavy atom.